The second kappa shape index (κ2) is 9.83. The summed E-state index contributed by atoms with van der Waals surface area (Å²) in [6.45, 7) is 0. The highest BCUT2D eigenvalue weighted by molar-refractivity contribution is 5.94. The van der Waals surface area contributed by atoms with Crippen LogP contribution in [0.15, 0.2) is 73.4 Å². The van der Waals surface area contributed by atoms with Crippen LogP contribution in [0, 0.1) is 5.92 Å². The van der Waals surface area contributed by atoms with Crippen molar-refractivity contribution in [2.45, 2.75) is 38.3 Å². The quantitative estimate of drug-likeness (QED) is 0.221. The molecule has 1 atom stereocenters. The fourth-order valence-electron chi connectivity index (χ4n) is 5.63. The monoisotopic (exact) mass is 516 g/mol. The van der Waals surface area contributed by atoms with Crippen molar-refractivity contribution in [3.05, 3.63) is 79.1 Å². The minimum absolute atomic E-state index is 0.0937. The number of hydrogen-bond acceptors (Lipinski definition) is 7. The summed E-state index contributed by atoms with van der Waals surface area (Å²) >= 11 is 0. The Labute approximate surface area is 225 Å². The predicted molar refractivity (Wildman–Crippen MR) is 152 cm³/mol. The number of hydrogen-bond donors (Lipinski definition) is 4. The highest BCUT2D eigenvalue weighted by atomic mass is 16.1. The van der Waals surface area contributed by atoms with Crippen molar-refractivity contribution in [3.8, 4) is 22.4 Å². The van der Waals surface area contributed by atoms with Gasteiger partial charge in [0.1, 0.15) is 6.17 Å². The van der Waals surface area contributed by atoms with E-state index >= 15 is 0 Å². The lowest BCUT2D eigenvalue weighted by molar-refractivity contribution is -0.120. The summed E-state index contributed by atoms with van der Waals surface area (Å²) in [6, 6.07) is 14.0. The van der Waals surface area contributed by atoms with Gasteiger partial charge in [-0.1, -0.05) is 31.4 Å². The topological polar surface area (TPSA) is 121 Å². The van der Waals surface area contributed by atoms with E-state index in [4.69, 9.17) is 0 Å². The molecular formula is C30H28N8O. The zero-order valence-corrected chi connectivity index (χ0v) is 21.3. The van der Waals surface area contributed by atoms with E-state index in [2.05, 4.69) is 47.2 Å². The SMILES string of the molecule is O=C(Nc1cncc(-c2ccc3n[nH]c(C4Nc5cncc(-c6ccccn6)c5N4)c3c2)c1)C1CCCCC1. The molecule has 7 rings (SSSR count). The first-order chi connectivity index (χ1) is 19.2. The third kappa shape index (κ3) is 4.46. The molecule has 5 aromatic rings. The van der Waals surface area contributed by atoms with Gasteiger partial charge in [-0.2, -0.15) is 5.10 Å². The van der Waals surface area contributed by atoms with Gasteiger partial charge in [0.15, 0.2) is 0 Å². The molecule has 0 bridgehead atoms. The Bertz CT molecular complexity index is 1660. The molecule has 39 heavy (non-hydrogen) atoms. The minimum Gasteiger partial charge on any atom is -0.358 e. The molecule has 1 fully saturated rings. The Morgan fingerprint density at radius 2 is 1.79 bits per heavy atom. The molecule has 1 aromatic carbocycles. The number of carbonyl (C=O) groups excluding carboxylic acids is 1. The summed E-state index contributed by atoms with van der Waals surface area (Å²) in [5, 5.41) is 19.0. The molecule has 1 amide bonds. The zero-order valence-electron chi connectivity index (χ0n) is 21.3. The van der Waals surface area contributed by atoms with E-state index in [0.717, 1.165) is 81.7 Å². The van der Waals surface area contributed by atoms with E-state index in [1.165, 1.54) is 6.42 Å². The van der Waals surface area contributed by atoms with E-state index < -0.39 is 0 Å². The van der Waals surface area contributed by atoms with E-state index in [-0.39, 0.29) is 18.0 Å². The van der Waals surface area contributed by atoms with Crippen LogP contribution in [0.3, 0.4) is 0 Å². The molecule has 5 heterocycles. The molecule has 1 saturated carbocycles. The minimum atomic E-state index is -0.217. The Kier molecular flexibility index (Phi) is 5.88. The average Bonchev–Trinajstić information content (AvgIpc) is 3.62. The molecule has 4 N–H and O–H groups in total. The summed E-state index contributed by atoms with van der Waals surface area (Å²) in [6.07, 6.45) is 14.1. The molecule has 0 saturated heterocycles. The van der Waals surface area contributed by atoms with Gasteiger partial charge in [-0.25, -0.2) is 0 Å². The molecule has 2 aliphatic rings. The highest BCUT2D eigenvalue weighted by Crippen LogP contribution is 2.42. The standard InChI is InChI=1S/C30H28N8O/c39-30(18-6-2-1-3-7-18)34-21-12-20(14-31-15-21)19-9-10-25-22(13-19)28(38-37-25)29-35-26-17-32-16-23(27(26)36-29)24-8-4-5-11-33-24/h4-5,8-18,29,35-36H,1-3,6-7H2,(H,34,39)(H,37,38). The Hall–Kier alpha value is -4.79. The number of anilines is 3. The van der Waals surface area contributed by atoms with Crippen LogP contribution in [0.4, 0.5) is 17.1 Å². The number of carbonyl (C=O) groups is 1. The van der Waals surface area contributed by atoms with Crippen molar-refractivity contribution in [1.29, 1.82) is 0 Å². The number of rotatable bonds is 5. The normalized spacial score (nSPS) is 16.9. The van der Waals surface area contributed by atoms with Crippen LogP contribution in [-0.4, -0.2) is 31.1 Å². The largest absolute Gasteiger partial charge is 0.358 e. The van der Waals surface area contributed by atoms with Crippen LogP contribution in [0.2, 0.25) is 0 Å². The number of benzene rings is 1. The number of aromatic amines is 1. The fraction of sp³-hybridized carbons (Fsp3) is 0.233. The number of pyridine rings is 3. The summed E-state index contributed by atoms with van der Waals surface area (Å²) in [4.78, 5) is 26.1. The maximum absolute atomic E-state index is 12.8. The van der Waals surface area contributed by atoms with Gasteiger partial charge in [-0.3, -0.25) is 24.8 Å². The van der Waals surface area contributed by atoms with Gasteiger partial charge in [0.2, 0.25) is 5.91 Å². The summed E-state index contributed by atoms with van der Waals surface area (Å²) < 4.78 is 0. The number of aromatic nitrogens is 5. The summed E-state index contributed by atoms with van der Waals surface area (Å²) in [5.74, 6) is 0.190. The van der Waals surface area contributed by atoms with E-state index in [1.807, 2.05) is 55.0 Å². The van der Waals surface area contributed by atoms with Gasteiger partial charge in [0.05, 0.1) is 46.4 Å². The lowest BCUT2D eigenvalue weighted by atomic mass is 9.88. The molecular weight excluding hydrogens is 488 g/mol. The van der Waals surface area contributed by atoms with Gasteiger partial charge in [-0.15, -0.1) is 0 Å². The Morgan fingerprint density at radius 1 is 0.897 bits per heavy atom. The van der Waals surface area contributed by atoms with Crippen molar-refractivity contribution in [1.82, 2.24) is 25.1 Å². The molecule has 9 heteroatoms. The summed E-state index contributed by atoms with van der Waals surface area (Å²) in [5.41, 5.74) is 8.10. The molecule has 1 unspecified atom stereocenters. The van der Waals surface area contributed by atoms with Gasteiger partial charge in [0.25, 0.3) is 0 Å². The molecule has 194 valence electrons. The Balaban J connectivity index is 1.16. The number of nitrogens with zero attached hydrogens (tertiary/aromatic N) is 4. The van der Waals surface area contributed by atoms with Gasteiger partial charge < -0.3 is 16.0 Å². The number of nitrogens with one attached hydrogen (secondary N) is 4. The van der Waals surface area contributed by atoms with Crippen LogP contribution in [0.1, 0.15) is 44.0 Å². The van der Waals surface area contributed by atoms with E-state index in [9.17, 15) is 4.79 Å². The second-order valence-corrected chi connectivity index (χ2v) is 10.2. The lowest BCUT2D eigenvalue weighted by Crippen LogP contribution is -2.24. The van der Waals surface area contributed by atoms with Crippen LogP contribution in [-0.2, 0) is 4.79 Å². The molecule has 1 aliphatic carbocycles. The first kappa shape index (κ1) is 23.3. The predicted octanol–water partition coefficient (Wildman–Crippen LogP) is 6.14. The van der Waals surface area contributed by atoms with Crippen LogP contribution < -0.4 is 16.0 Å². The third-order valence-corrected chi connectivity index (χ3v) is 7.66. The van der Waals surface area contributed by atoms with E-state index in [0.29, 0.717) is 0 Å². The number of amides is 1. The van der Waals surface area contributed by atoms with Crippen molar-refractivity contribution in [2.24, 2.45) is 5.92 Å². The Morgan fingerprint density at radius 3 is 2.67 bits per heavy atom. The van der Waals surface area contributed by atoms with Crippen molar-refractivity contribution < 1.29 is 4.79 Å². The van der Waals surface area contributed by atoms with Crippen LogP contribution in [0.25, 0.3) is 33.3 Å². The molecule has 0 radical (unpaired) electrons. The van der Waals surface area contributed by atoms with Crippen molar-refractivity contribution in [3.63, 3.8) is 0 Å². The molecule has 9 nitrogen and oxygen atoms in total. The van der Waals surface area contributed by atoms with Gasteiger partial charge in [-0.05, 0) is 48.7 Å². The maximum atomic E-state index is 12.8. The smallest absolute Gasteiger partial charge is 0.227 e. The van der Waals surface area contributed by atoms with Crippen LogP contribution >= 0.6 is 0 Å². The second-order valence-electron chi connectivity index (χ2n) is 10.2. The maximum Gasteiger partial charge on any atom is 0.227 e. The first-order valence-electron chi connectivity index (χ1n) is 13.4. The van der Waals surface area contributed by atoms with Gasteiger partial charge in [0, 0.05) is 41.0 Å². The molecule has 0 spiro atoms. The van der Waals surface area contributed by atoms with Crippen molar-refractivity contribution in [2.75, 3.05) is 16.0 Å². The molecule has 1 aliphatic heterocycles. The summed E-state index contributed by atoms with van der Waals surface area (Å²) in [7, 11) is 0. The fourth-order valence-corrected chi connectivity index (χ4v) is 5.63. The van der Waals surface area contributed by atoms with Crippen LogP contribution in [0.5, 0.6) is 0 Å². The zero-order chi connectivity index (χ0) is 26.2. The highest BCUT2D eigenvalue weighted by Gasteiger charge is 2.27. The van der Waals surface area contributed by atoms with E-state index in [1.54, 1.807) is 12.4 Å². The third-order valence-electron chi connectivity index (χ3n) is 7.66. The first-order valence-corrected chi connectivity index (χ1v) is 13.4. The molecule has 4 aromatic heterocycles. The number of H-pyrrole nitrogens is 1. The van der Waals surface area contributed by atoms with Gasteiger partial charge >= 0.3 is 0 Å². The average molecular weight is 517 g/mol. The lowest BCUT2D eigenvalue weighted by Gasteiger charge is -2.20. The van der Waals surface area contributed by atoms with Crippen molar-refractivity contribution >= 4 is 33.9 Å². The number of fused-ring (bicyclic) bond motifs is 2.